The van der Waals surface area contributed by atoms with Crippen LogP contribution < -0.4 is 5.32 Å². The van der Waals surface area contributed by atoms with Gasteiger partial charge in [0.05, 0.1) is 17.5 Å². The van der Waals surface area contributed by atoms with Gasteiger partial charge in [0.15, 0.2) is 5.76 Å². The topological polar surface area (TPSA) is 85.6 Å². The van der Waals surface area contributed by atoms with Crippen molar-refractivity contribution in [3.63, 3.8) is 0 Å². The quantitative estimate of drug-likeness (QED) is 0.363. The van der Waals surface area contributed by atoms with Crippen molar-refractivity contribution in [2.24, 2.45) is 0 Å². The lowest BCUT2D eigenvalue weighted by Crippen LogP contribution is -2.34. The summed E-state index contributed by atoms with van der Waals surface area (Å²) >= 11 is 3.19. The molecular weight excluding hydrogens is 378 g/mol. The number of ether oxygens (including phenoxy) is 1. The number of ketones is 1. The largest absolute Gasteiger partial charge is 0.460 e. The Morgan fingerprint density at radius 2 is 2.12 bits per heavy atom. The van der Waals surface area contributed by atoms with Crippen LogP contribution >= 0.6 is 15.9 Å². The molecule has 0 bridgehead atoms. The van der Waals surface area contributed by atoms with Crippen molar-refractivity contribution in [3.05, 3.63) is 36.3 Å². The van der Waals surface area contributed by atoms with Crippen molar-refractivity contribution in [3.8, 4) is 0 Å². The number of hydrogen-bond donors (Lipinski definition) is 1. The van der Waals surface area contributed by atoms with E-state index in [4.69, 9.17) is 9.15 Å². The molecule has 2 heterocycles. The van der Waals surface area contributed by atoms with Crippen molar-refractivity contribution in [1.29, 1.82) is 0 Å². The van der Waals surface area contributed by atoms with Gasteiger partial charge in [-0.05, 0) is 19.4 Å². The Labute approximate surface area is 146 Å². The Morgan fingerprint density at radius 3 is 2.88 bits per heavy atom. The Balaban J connectivity index is 1.61. The predicted octanol–water partition coefficient (Wildman–Crippen LogP) is 2.59. The Morgan fingerprint density at radius 1 is 1.33 bits per heavy atom. The first-order valence-electron chi connectivity index (χ1n) is 7.68. The molecule has 0 radical (unpaired) electrons. The molecule has 24 heavy (non-hydrogen) atoms. The Bertz CT molecular complexity index is 778. The van der Waals surface area contributed by atoms with Crippen molar-refractivity contribution < 1.29 is 23.5 Å². The summed E-state index contributed by atoms with van der Waals surface area (Å²) in [5, 5.41) is 4.46. The molecule has 1 aromatic heterocycles. The lowest BCUT2D eigenvalue weighted by atomic mass is 10.1. The summed E-state index contributed by atoms with van der Waals surface area (Å²) in [6.07, 6.45) is 2.78. The van der Waals surface area contributed by atoms with Gasteiger partial charge in [-0.25, -0.2) is 4.79 Å². The summed E-state index contributed by atoms with van der Waals surface area (Å²) < 4.78 is 10.1. The molecule has 1 saturated heterocycles. The fourth-order valence-electron chi connectivity index (χ4n) is 2.68. The van der Waals surface area contributed by atoms with Crippen LogP contribution in [-0.4, -0.2) is 35.1 Å². The van der Waals surface area contributed by atoms with Crippen LogP contribution in [0, 0.1) is 0 Å². The van der Waals surface area contributed by atoms with Gasteiger partial charge in [0.1, 0.15) is 6.04 Å². The molecule has 1 aromatic carbocycles. The van der Waals surface area contributed by atoms with Crippen LogP contribution in [0.1, 0.15) is 29.8 Å². The molecule has 1 aliphatic heterocycles. The molecule has 0 amide bonds. The second-order valence-electron chi connectivity index (χ2n) is 5.63. The smallest absolute Gasteiger partial charge is 0.330 e. The highest BCUT2D eigenvalue weighted by molar-refractivity contribution is 9.10. The zero-order valence-corrected chi connectivity index (χ0v) is 14.4. The van der Waals surface area contributed by atoms with Crippen LogP contribution in [0.25, 0.3) is 10.8 Å². The molecule has 0 spiro atoms. The number of fused-ring (bicyclic) bond motifs is 1. The number of hydrogen-bond acceptors (Lipinski definition) is 6. The molecule has 7 heteroatoms. The first kappa shape index (κ1) is 16.9. The van der Waals surface area contributed by atoms with Crippen molar-refractivity contribution in [2.45, 2.75) is 30.1 Å². The minimum Gasteiger partial charge on any atom is -0.460 e. The number of Topliss-reactive ketones (excluding diaryl/α,β-unsaturated/α-hetero) is 1. The van der Waals surface area contributed by atoms with Crippen LogP contribution in [-0.2, 0) is 14.3 Å². The average molecular weight is 394 g/mol. The molecule has 1 unspecified atom stereocenters. The van der Waals surface area contributed by atoms with E-state index >= 15 is 0 Å². The second-order valence-corrected chi connectivity index (χ2v) is 6.74. The third-order valence-corrected chi connectivity index (χ3v) is 4.66. The number of alkyl halides is 1. The minimum atomic E-state index is -0.816. The number of nitrogens with one attached hydrogen (secondary N) is 1. The molecule has 0 aliphatic carbocycles. The standard InChI is InChI=1S/C17H16BrNO5/c18-12(8-14(20)24-17(22)13-6-3-7-19-13)15(21)16-11-5-2-1-4-10(11)9-23-16/h1-2,4-5,9,12-13,19H,3,6-8H2/t12?,13-/m0/s1. The molecule has 3 rings (SSSR count). The van der Waals surface area contributed by atoms with Gasteiger partial charge in [-0.3, -0.25) is 9.59 Å². The highest BCUT2D eigenvalue weighted by atomic mass is 79.9. The van der Waals surface area contributed by atoms with Crippen LogP contribution in [0.3, 0.4) is 0 Å². The van der Waals surface area contributed by atoms with Crippen molar-refractivity contribution >= 4 is 44.4 Å². The molecule has 2 aromatic rings. The molecule has 1 fully saturated rings. The SMILES string of the molecule is O=C(CC(Br)C(=O)c1occ2ccccc12)OC(=O)[C@@H]1CCCN1. The van der Waals surface area contributed by atoms with Gasteiger partial charge < -0.3 is 14.5 Å². The highest BCUT2D eigenvalue weighted by Gasteiger charge is 2.29. The normalized spacial score (nSPS) is 18.5. The maximum atomic E-state index is 12.5. The van der Waals surface area contributed by atoms with Gasteiger partial charge in [0.25, 0.3) is 0 Å². The third-order valence-electron chi connectivity index (χ3n) is 3.92. The molecule has 126 valence electrons. The predicted molar refractivity (Wildman–Crippen MR) is 90.0 cm³/mol. The second kappa shape index (κ2) is 7.27. The fraction of sp³-hybridized carbons (Fsp3) is 0.353. The van der Waals surface area contributed by atoms with Gasteiger partial charge in [-0.1, -0.05) is 40.2 Å². The van der Waals surface area contributed by atoms with E-state index in [1.807, 2.05) is 12.1 Å². The molecule has 1 aliphatic rings. The highest BCUT2D eigenvalue weighted by Crippen LogP contribution is 2.24. The molecule has 6 nitrogen and oxygen atoms in total. The van der Waals surface area contributed by atoms with E-state index in [0.717, 1.165) is 18.4 Å². The number of benzene rings is 1. The van der Waals surface area contributed by atoms with Crippen LogP contribution in [0.5, 0.6) is 0 Å². The van der Waals surface area contributed by atoms with E-state index in [0.29, 0.717) is 11.8 Å². The number of carbonyl (C=O) groups is 3. The van der Waals surface area contributed by atoms with Crippen molar-refractivity contribution in [1.82, 2.24) is 5.32 Å². The van der Waals surface area contributed by atoms with Gasteiger partial charge in [0.2, 0.25) is 5.78 Å². The minimum absolute atomic E-state index is 0.184. The van der Waals surface area contributed by atoms with Crippen LogP contribution in [0.2, 0.25) is 0 Å². The Hall–Kier alpha value is -1.99. The van der Waals surface area contributed by atoms with Crippen LogP contribution in [0.4, 0.5) is 0 Å². The van der Waals surface area contributed by atoms with Gasteiger partial charge >= 0.3 is 11.9 Å². The van der Waals surface area contributed by atoms with Gasteiger partial charge in [-0.2, -0.15) is 0 Å². The molecule has 2 atom stereocenters. The molecule has 0 saturated carbocycles. The maximum Gasteiger partial charge on any atom is 0.330 e. The lowest BCUT2D eigenvalue weighted by molar-refractivity contribution is -0.160. The summed E-state index contributed by atoms with van der Waals surface area (Å²) in [4.78, 5) is 35.3. The number of esters is 2. The summed E-state index contributed by atoms with van der Waals surface area (Å²) in [7, 11) is 0. The first-order valence-corrected chi connectivity index (χ1v) is 8.60. The van der Waals surface area contributed by atoms with Crippen LogP contribution in [0.15, 0.2) is 34.9 Å². The average Bonchev–Trinajstić information content (AvgIpc) is 3.23. The Kier molecular flexibility index (Phi) is 5.11. The fourth-order valence-corrected chi connectivity index (χ4v) is 3.15. The number of halogens is 1. The summed E-state index contributed by atoms with van der Waals surface area (Å²) in [6.45, 7) is 0.735. The number of furan rings is 1. The van der Waals surface area contributed by atoms with E-state index in [2.05, 4.69) is 21.2 Å². The van der Waals surface area contributed by atoms with E-state index in [1.165, 1.54) is 6.26 Å². The first-order chi connectivity index (χ1) is 11.6. The number of rotatable bonds is 5. The monoisotopic (exact) mass is 393 g/mol. The van der Waals surface area contributed by atoms with Gasteiger partial charge in [0, 0.05) is 10.8 Å². The van der Waals surface area contributed by atoms with E-state index in [9.17, 15) is 14.4 Å². The maximum absolute atomic E-state index is 12.5. The lowest BCUT2D eigenvalue weighted by Gasteiger charge is -2.10. The molecule has 1 N–H and O–H groups in total. The third kappa shape index (κ3) is 3.57. The summed E-state index contributed by atoms with van der Waals surface area (Å²) in [5.41, 5.74) is 0. The number of carbonyl (C=O) groups excluding carboxylic acids is 3. The van der Waals surface area contributed by atoms with E-state index < -0.39 is 22.8 Å². The van der Waals surface area contributed by atoms with Crippen molar-refractivity contribution in [2.75, 3.05) is 6.54 Å². The molecular formula is C17H16BrNO5. The zero-order valence-electron chi connectivity index (χ0n) is 12.8. The van der Waals surface area contributed by atoms with E-state index in [1.54, 1.807) is 12.1 Å². The zero-order chi connectivity index (χ0) is 17.1. The summed E-state index contributed by atoms with van der Waals surface area (Å²) in [5.74, 6) is -1.50. The van der Waals surface area contributed by atoms with E-state index in [-0.39, 0.29) is 18.0 Å². The van der Waals surface area contributed by atoms with Gasteiger partial charge in [-0.15, -0.1) is 0 Å². The summed E-state index contributed by atoms with van der Waals surface area (Å²) in [6, 6.07) is 6.82.